The molecule has 162 valence electrons. The van der Waals surface area contributed by atoms with Crippen molar-refractivity contribution < 1.29 is 20.1 Å². The van der Waals surface area contributed by atoms with Crippen LogP contribution in [0.15, 0.2) is 78.9 Å². The molecule has 4 aromatic carbocycles. The molecule has 0 amide bonds. The minimum absolute atomic E-state index is 0.0840. The molecule has 0 aliphatic heterocycles. The van der Waals surface area contributed by atoms with Crippen LogP contribution in [0.5, 0.6) is 28.7 Å². The molecule has 4 rings (SSSR count). The van der Waals surface area contributed by atoms with Gasteiger partial charge in [0.05, 0.1) is 0 Å². The van der Waals surface area contributed by atoms with Crippen LogP contribution in [0.2, 0.25) is 0 Å². The minimum Gasteiger partial charge on any atom is -0.508 e. The highest BCUT2D eigenvalue weighted by molar-refractivity contribution is 5.80. The van der Waals surface area contributed by atoms with Gasteiger partial charge in [-0.25, -0.2) is 0 Å². The van der Waals surface area contributed by atoms with Crippen LogP contribution in [-0.2, 0) is 0 Å². The van der Waals surface area contributed by atoms with Crippen molar-refractivity contribution in [3.63, 3.8) is 0 Å². The molecule has 0 atom stereocenters. The summed E-state index contributed by atoms with van der Waals surface area (Å²) in [5, 5.41) is 29.8. The molecule has 0 spiro atoms. The zero-order chi connectivity index (χ0) is 22.8. The normalized spacial score (nSPS) is 10.7. The van der Waals surface area contributed by atoms with Gasteiger partial charge < -0.3 is 25.0 Å². The number of nitrogens with zero attached hydrogens (tertiary/aromatic N) is 1. The van der Waals surface area contributed by atoms with Crippen LogP contribution in [0.3, 0.4) is 0 Å². The van der Waals surface area contributed by atoms with E-state index in [4.69, 9.17) is 4.74 Å². The van der Waals surface area contributed by atoms with Crippen molar-refractivity contribution in [2.24, 2.45) is 0 Å². The molecule has 0 radical (unpaired) electrons. The van der Waals surface area contributed by atoms with Crippen LogP contribution in [0.4, 0.5) is 17.1 Å². The lowest BCUT2D eigenvalue weighted by molar-refractivity contribution is 0.411. The standard InChI is InChI=1S/C27H25NO4/c1-17-4-13-26(31)27(14-17)32-23-9-5-20(6-10-23)28(24-11-7-21(29)15-18(24)2)25-12-8-22(30)16-19(25)3/h4-16,29-31H,1-3H3. The monoisotopic (exact) mass is 427 g/mol. The van der Waals surface area contributed by atoms with Gasteiger partial charge in [-0.05, 0) is 110 Å². The Bertz CT molecular complexity index is 1210. The molecule has 0 saturated carbocycles. The van der Waals surface area contributed by atoms with E-state index in [2.05, 4.69) is 4.90 Å². The van der Waals surface area contributed by atoms with Gasteiger partial charge in [-0.15, -0.1) is 0 Å². The van der Waals surface area contributed by atoms with Gasteiger partial charge in [0.2, 0.25) is 0 Å². The van der Waals surface area contributed by atoms with Gasteiger partial charge in [-0.1, -0.05) is 6.07 Å². The molecule has 5 nitrogen and oxygen atoms in total. The van der Waals surface area contributed by atoms with Gasteiger partial charge in [0.25, 0.3) is 0 Å². The Morgan fingerprint density at radius 3 is 1.72 bits per heavy atom. The quantitative estimate of drug-likeness (QED) is 0.320. The first-order valence-electron chi connectivity index (χ1n) is 10.3. The molecular formula is C27H25NO4. The number of phenols is 3. The first-order chi connectivity index (χ1) is 15.3. The molecule has 0 aromatic heterocycles. The number of ether oxygens (including phenoxy) is 1. The third-order valence-corrected chi connectivity index (χ3v) is 5.28. The lowest BCUT2D eigenvalue weighted by Crippen LogP contribution is -2.12. The zero-order valence-electron chi connectivity index (χ0n) is 18.2. The molecule has 0 bridgehead atoms. The van der Waals surface area contributed by atoms with Crippen LogP contribution in [0, 0.1) is 20.8 Å². The maximum atomic E-state index is 10.1. The Hall–Kier alpha value is -4.12. The summed E-state index contributed by atoms with van der Waals surface area (Å²) in [6, 6.07) is 23.3. The molecule has 0 saturated heterocycles. The number of hydrogen-bond donors (Lipinski definition) is 3. The number of benzene rings is 4. The van der Waals surface area contributed by atoms with Gasteiger partial charge in [-0.2, -0.15) is 0 Å². The van der Waals surface area contributed by atoms with Crippen molar-refractivity contribution in [1.82, 2.24) is 0 Å². The molecular weight excluding hydrogens is 402 g/mol. The Morgan fingerprint density at radius 1 is 0.625 bits per heavy atom. The average molecular weight is 428 g/mol. The SMILES string of the molecule is Cc1ccc(O)c(Oc2ccc(N(c3ccc(O)cc3C)c3ccc(O)cc3C)cc2)c1. The van der Waals surface area contributed by atoms with Crippen molar-refractivity contribution in [2.75, 3.05) is 4.90 Å². The molecule has 0 aliphatic carbocycles. The fourth-order valence-electron chi connectivity index (χ4n) is 3.68. The fourth-order valence-corrected chi connectivity index (χ4v) is 3.68. The zero-order valence-corrected chi connectivity index (χ0v) is 18.2. The highest BCUT2D eigenvalue weighted by Crippen LogP contribution is 2.41. The number of aromatic hydroxyl groups is 3. The predicted octanol–water partition coefficient (Wildman–Crippen LogP) is 6.99. The number of phenolic OH excluding ortho intramolecular Hbond substituents is 3. The van der Waals surface area contributed by atoms with Crippen LogP contribution in [0.1, 0.15) is 16.7 Å². The van der Waals surface area contributed by atoms with E-state index in [1.165, 1.54) is 0 Å². The fraction of sp³-hybridized carbons (Fsp3) is 0.111. The van der Waals surface area contributed by atoms with Crippen LogP contribution in [-0.4, -0.2) is 15.3 Å². The lowest BCUT2D eigenvalue weighted by Gasteiger charge is -2.28. The van der Waals surface area contributed by atoms with Crippen LogP contribution < -0.4 is 9.64 Å². The summed E-state index contributed by atoms with van der Waals surface area (Å²) >= 11 is 0. The predicted molar refractivity (Wildman–Crippen MR) is 127 cm³/mol. The molecule has 0 fully saturated rings. The van der Waals surface area contributed by atoms with Crippen molar-refractivity contribution in [3.8, 4) is 28.7 Å². The Kier molecular flexibility index (Phi) is 5.65. The van der Waals surface area contributed by atoms with Gasteiger partial charge in [0, 0.05) is 17.1 Å². The molecule has 0 heterocycles. The first kappa shape index (κ1) is 21.1. The number of rotatable bonds is 5. The van der Waals surface area contributed by atoms with Crippen molar-refractivity contribution in [3.05, 3.63) is 95.6 Å². The van der Waals surface area contributed by atoms with E-state index >= 15 is 0 Å². The van der Waals surface area contributed by atoms with Gasteiger partial charge in [-0.3, -0.25) is 0 Å². The third-order valence-electron chi connectivity index (χ3n) is 5.28. The summed E-state index contributed by atoms with van der Waals surface area (Å²) in [6.45, 7) is 5.82. The largest absolute Gasteiger partial charge is 0.508 e. The van der Waals surface area contributed by atoms with Crippen molar-refractivity contribution >= 4 is 17.1 Å². The maximum Gasteiger partial charge on any atom is 0.169 e. The third kappa shape index (κ3) is 4.32. The number of hydrogen-bond acceptors (Lipinski definition) is 5. The van der Waals surface area contributed by atoms with Gasteiger partial charge in [0.1, 0.15) is 17.2 Å². The molecule has 32 heavy (non-hydrogen) atoms. The molecule has 5 heteroatoms. The van der Waals surface area contributed by atoms with Crippen molar-refractivity contribution in [1.29, 1.82) is 0 Å². The van der Waals surface area contributed by atoms with E-state index in [-0.39, 0.29) is 17.2 Å². The van der Waals surface area contributed by atoms with Gasteiger partial charge >= 0.3 is 0 Å². The van der Waals surface area contributed by atoms with E-state index in [1.807, 2.05) is 63.2 Å². The summed E-state index contributed by atoms with van der Waals surface area (Å²) in [4.78, 5) is 2.07. The number of aryl methyl sites for hydroxylation is 3. The molecule has 3 N–H and O–H groups in total. The second-order valence-corrected chi connectivity index (χ2v) is 7.84. The summed E-state index contributed by atoms with van der Waals surface area (Å²) < 4.78 is 5.88. The Morgan fingerprint density at radius 2 is 1.19 bits per heavy atom. The second kappa shape index (κ2) is 8.55. The van der Waals surface area contributed by atoms with E-state index in [0.717, 1.165) is 33.8 Å². The first-order valence-corrected chi connectivity index (χ1v) is 10.3. The summed E-state index contributed by atoms with van der Waals surface area (Å²) in [5.74, 6) is 1.49. The highest BCUT2D eigenvalue weighted by Gasteiger charge is 2.17. The average Bonchev–Trinajstić information content (AvgIpc) is 2.75. The van der Waals surface area contributed by atoms with E-state index in [0.29, 0.717) is 11.5 Å². The maximum absolute atomic E-state index is 10.1. The van der Waals surface area contributed by atoms with Gasteiger partial charge in [0.15, 0.2) is 11.5 Å². The minimum atomic E-state index is 0.0840. The molecule has 4 aromatic rings. The van der Waals surface area contributed by atoms with Crippen LogP contribution >= 0.6 is 0 Å². The molecule has 0 aliphatic rings. The summed E-state index contributed by atoms with van der Waals surface area (Å²) in [5.41, 5.74) is 5.49. The topological polar surface area (TPSA) is 73.2 Å². The lowest BCUT2D eigenvalue weighted by atomic mass is 10.1. The Balaban J connectivity index is 1.75. The summed E-state index contributed by atoms with van der Waals surface area (Å²) in [6.07, 6.45) is 0. The number of anilines is 3. The van der Waals surface area contributed by atoms with Crippen LogP contribution in [0.25, 0.3) is 0 Å². The van der Waals surface area contributed by atoms with Crippen molar-refractivity contribution in [2.45, 2.75) is 20.8 Å². The second-order valence-electron chi connectivity index (χ2n) is 7.84. The molecule has 0 unspecified atom stereocenters. The smallest absolute Gasteiger partial charge is 0.169 e. The summed E-state index contributed by atoms with van der Waals surface area (Å²) in [7, 11) is 0. The van der Waals surface area contributed by atoms with E-state index < -0.39 is 0 Å². The Labute approximate surface area is 187 Å². The highest BCUT2D eigenvalue weighted by atomic mass is 16.5. The van der Waals surface area contributed by atoms with E-state index in [9.17, 15) is 15.3 Å². The van der Waals surface area contributed by atoms with E-state index in [1.54, 1.807) is 36.4 Å².